The largest absolute Gasteiger partial charge is 0.481 e. The summed E-state index contributed by atoms with van der Waals surface area (Å²) in [7, 11) is 0. The summed E-state index contributed by atoms with van der Waals surface area (Å²) >= 11 is 1.07. The van der Waals surface area contributed by atoms with Crippen molar-refractivity contribution in [1.82, 2.24) is 14.9 Å². The molecule has 1 saturated carbocycles. The Labute approximate surface area is 121 Å². The molecule has 1 aliphatic carbocycles. The third-order valence-electron chi connectivity index (χ3n) is 3.75. The van der Waals surface area contributed by atoms with E-state index in [9.17, 15) is 14.7 Å². The highest BCUT2D eigenvalue weighted by molar-refractivity contribution is 7.08. The van der Waals surface area contributed by atoms with Gasteiger partial charge >= 0.3 is 5.97 Å². The van der Waals surface area contributed by atoms with Crippen molar-refractivity contribution in [3.05, 3.63) is 10.6 Å². The van der Waals surface area contributed by atoms with Crippen molar-refractivity contribution in [2.45, 2.75) is 51.5 Å². The molecule has 0 saturated heterocycles. The van der Waals surface area contributed by atoms with Gasteiger partial charge in [-0.3, -0.25) is 9.59 Å². The van der Waals surface area contributed by atoms with Crippen LogP contribution < -0.4 is 5.32 Å². The molecule has 1 fully saturated rings. The van der Waals surface area contributed by atoms with E-state index in [1.165, 1.54) is 0 Å². The Morgan fingerprint density at radius 1 is 1.35 bits per heavy atom. The highest BCUT2D eigenvalue weighted by atomic mass is 32.1. The predicted octanol–water partition coefficient (Wildman–Crippen LogP) is 1.86. The molecular weight excluding hydrogens is 278 g/mol. The molecular formula is C13H19N3O3S. The first-order chi connectivity index (χ1) is 9.63. The van der Waals surface area contributed by atoms with Crippen molar-refractivity contribution in [2.75, 3.05) is 0 Å². The molecule has 1 aromatic rings. The molecule has 0 aliphatic heterocycles. The lowest BCUT2D eigenvalue weighted by molar-refractivity contribution is -0.142. The summed E-state index contributed by atoms with van der Waals surface area (Å²) in [4.78, 5) is 24.1. The summed E-state index contributed by atoms with van der Waals surface area (Å²) in [5.74, 6) is -1.56. The molecule has 1 aromatic heterocycles. The van der Waals surface area contributed by atoms with E-state index in [0.29, 0.717) is 23.4 Å². The first-order valence-corrected chi connectivity index (χ1v) is 7.75. The fraction of sp³-hybridized carbons (Fsp3) is 0.692. The van der Waals surface area contributed by atoms with Crippen LogP contribution in [0.2, 0.25) is 0 Å². The number of nitrogens with one attached hydrogen (secondary N) is 1. The molecule has 1 aliphatic rings. The Kier molecular flexibility index (Phi) is 5.05. The molecule has 7 heteroatoms. The number of aromatic nitrogens is 2. The van der Waals surface area contributed by atoms with Gasteiger partial charge in [0.25, 0.3) is 5.91 Å². The van der Waals surface area contributed by atoms with E-state index in [-0.39, 0.29) is 11.9 Å². The zero-order valence-electron chi connectivity index (χ0n) is 11.5. The van der Waals surface area contributed by atoms with E-state index in [4.69, 9.17) is 0 Å². The molecule has 0 bridgehead atoms. The lowest BCUT2D eigenvalue weighted by Gasteiger charge is -2.22. The SMILES string of the molecule is CCc1nnsc1C(=O)NC1CCCCCC1C(=O)O. The zero-order valence-corrected chi connectivity index (χ0v) is 12.3. The van der Waals surface area contributed by atoms with Gasteiger partial charge in [-0.15, -0.1) is 5.10 Å². The van der Waals surface area contributed by atoms with E-state index < -0.39 is 11.9 Å². The zero-order chi connectivity index (χ0) is 14.5. The molecule has 20 heavy (non-hydrogen) atoms. The highest BCUT2D eigenvalue weighted by Gasteiger charge is 2.31. The Bertz CT molecular complexity index is 489. The van der Waals surface area contributed by atoms with Crippen molar-refractivity contribution in [3.8, 4) is 0 Å². The molecule has 2 atom stereocenters. The normalized spacial score (nSPS) is 23.1. The van der Waals surface area contributed by atoms with E-state index in [1.807, 2.05) is 6.92 Å². The second-order valence-electron chi connectivity index (χ2n) is 5.07. The minimum absolute atomic E-state index is 0.241. The van der Waals surface area contributed by atoms with Crippen molar-refractivity contribution in [2.24, 2.45) is 5.92 Å². The quantitative estimate of drug-likeness (QED) is 0.828. The van der Waals surface area contributed by atoms with Gasteiger partial charge in [0.2, 0.25) is 0 Å². The number of carboxylic acid groups (broad SMARTS) is 1. The molecule has 0 aromatic carbocycles. The van der Waals surface area contributed by atoms with Crippen LogP contribution in [0, 0.1) is 5.92 Å². The number of hydrogen-bond donors (Lipinski definition) is 2. The van der Waals surface area contributed by atoms with Gasteiger partial charge in [-0.05, 0) is 30.8 Å². The van der Waals surface area contributed by atoms with Crippen LogP contribution in [-0.4, -0.2) is 32.6 Å². The summed E-state index contributed by atoms with van der Waals surface area (Å²) in [6, 6.07) is -0.297. The average Bonchev–Trinajstić information content (AvgIpc) is 2.78. The van der Waals surface area contributed by atoms with Crippen LogP contribution in [0.25, 0.3) is 0 Å². The third-order valence-corrected chi connectivity index (χ3v) is 4.51. The number of nitrogens with zero attached hydrogens (tertiary/aromatic N) is 2. The molecule has 0 radical (unpaired) electrons. The van der Waals surface area contributed by atoms with Crippen LogP contribution in [0.15, 0.2) is 0 Å². The molecule has 2 N–H and O–H groups in total. The molecule has 110 valence electrons. The van der Waals surface area contributed by atoms with E-state index in [2.05, 4.69) is 14.9 Å². The first-order valence-electron chi connectivity index (χ1n) is 6.98. The Hall–Kier alpha value is -1.50. The number of amides is 1. The summed E-state index contributed by atoms with van der Waals surface area (Å²) in [6.45, 7) is 1.92. The maximum absolute atomic E-state index is 12.3. The monoisotopic (exact) mass is 297 g/mol. The third kappa shape index (κ3) is 3.33. The van der Waals surface area contributed by atoms with Crippen LogP contribution in [-0.2, 0) is 11.2 Å². The van der Waals surface area contributed by atoms with Crippen LogP contribution >= 0.6 is 11.5 Å². The lowest BCUT2D eigenvalue weighted by Crippen LogP contribution is -2.42. The molecule has 1 amide bonds. The lowest BCUT2D eigenvalue weighted by atomic mass is 9.95. The highest BCUT2D eigenvalue weighted by Crippen LogP contribution is 2.24. The minimum Gasteiger partial charge on any atom is -0.481 e. The van der Waals surface area contributed by atoms with Gasteiger partial charge in [-0.25, -0.2) is 0 Å². The Morgan fingerprint density at radius 3 is 2.80 bits per heavy atom. The number of aryl methyl sites for hydroxylation is 1. The van der Waals surface area contributed by atoms with Crippen molar-refractivity contribution in [3.63, 3.8) is 0 Å². The van der Waals surface area contributed by atoms with Gasteiger partial charge < -0.3 is 10.4 Å². The summed E-state index contributed by atoms with van der Waals surface area (Å²) < 4.78 is 3.79. The van der Waals surface area contributed by atoms with Gasteiger partial charge in [-0.2, -0.15) is 0 Å². The maximum atomic E-state index is 12.3. The molecule has 0 spiro atoms. The fourth-order valence-corrected chi connectivity index (χ4v) is 3.28. The summed E-state index contributed by atoms with van der Waals surface area (Å²) in [5, 5.41) is 16.1. The standard InChI is InChI=1S/C13H19N3O3S/c1-2-9-11(20-16-15-9)12(17)14-10-7-5-3-4-6-8(10)13(18)19/h8,10H,2-7H2,1H3,(H,14,17)(H,18,19). The average molecular weight is 297 g/mol. The van der Waals surface area contributed by atoms with Crippen LogP contribution in [0.5, 0.6) is 0 Å². The number of carbonyl (C=O) groups is 2. The smallest absolute Gasteiger partial charge is 0.308 e. The van der Waals surface area contributed by atoms with E-state index in [0.717, 1.165) is 37.2 Å². The minimum atomic E-state index is -0.824. The van der Waals surface area contributed by atoms with Gasteiger partial charge in [0.05, 0.1) is 11.6 Å². The van der Waals surface area contributed by atoms with Crippen LogP contribution in [0.3, 0.4) is 0 Å². The molecule has 1 heterocycles. The number of hydrogen-bond acceptors (Lipinski definition) is 5. The van der Waals surface area contributed by atoms with Gasteiger partial charge in [0, 0.05) is 6.04 Å². The first kappa shape index (κ1) is 14.9. The molecule has 2 unspecified atom stereocenters. The van der Waals surface area contributed by atoms with Gasteiger partial charge in [0.15, 0.2) is 0 Å². The fourth-order valence-electron chi connectivity index (χ4n) is 2.62. The Morgan fingerprint density at radius 2 is 2.10 bits per heavy atom. The predicted molar refractivity (Wildman–Crippen MR) is 74.8 cm³/mol. The van der Waals surface area contributed by atoms with Crippen molar-refractivity contribution in [1.29, 1.82) is 0 Å². The number of carbonyl (C=O) groups excluding carboxylic acids is 1. The number of aliphatic carboxylic acids is 1. The Balaban J connectivity index is 2.09. The molecule has 6 nitrogen and oxygen atoms in total. The molecule has 2 rings (SSSR count). The van der Waals surface area contributed by atoms with E-state index in [1.54, 1.807) is 0 Å². The maximum Gasteiger partial charge on any atom is 0.308 e. The number of rotatable bonds is 4. The van der Waals surface area contributed by atoms with Gasteiger partial charge in [0.1, 0.15) is 4.88 Å². The topological polar surface area (TPSA) is 92.2 Å². The second kappa shape index (κ2) is 6.78. The van der Waals surface area contributed by atoms with E-state index >= 15 is 0 Å². The van der Waals surface area contributed by atoms with Crippen molar-refractivity contribution < 1.29 is 14.7 Å². The van der Waals surface area contributed by atoms with Gasteiger partial charge in [-0.1, -0.05) is 30.7 Å². The summed E-state index contributed by atoms with van der Waals surface area (Å²) in [6.07, 6.45) is 4.88. The van der Waals surface area contributed by atoms with Crippen molar-refractivity contribution >= 4 is 23.4 Å². The van der Waals surface area contributed by atoms with Crippen LogP contribution in [0.1, 0.15) is 54.4 Å². The summed E-state index contributed by atoms with van der Waals surface area (Å²) in [5.41, 5.74) is 0.674. The van der Waals surface area contributed by atoms with Crippen LogP contribution in [0.4, 0.5) is 0 Å². The second-order valence-corrected chi connectivity index (χ2v) is 5.82. The number of carboxylic acids is 1.